The predicted molar refractivity (Wildman–Crippen MR) is 168 cm³/mol. The molecule has 0 spiro atoms. The molecule has 0 heterocycles. The summed E-state index contributed by atoms with van der Waals surface area (Å²) in [4.78, 5) is 22.5. The Labute approximate surface area is 255 Å². The Morgan fingerprint density at radius 2 is 1.31 bits per heavy atom. The number of benzene rings is 5. The van der Waals surface area contributed by atoms with Crippen LogP contribution in [-0.2, 0) is 19.0 Å². The first-order valence-corrected chi connectivity index (χ1v) is 13.6. The van der Waals surface area contributed by atoms with Gasteiger partial charge in [-0.1, -0.05) is 30.3 Å². The third-order valence-corrected chi connectivity index (χ3v) is 7.52. The standard InChI is InChI=1S/C28H20N6O8S.2H3N/c29-17-6-5-14-12-24(43(40,41)42-30)25(26(35)21(14)13-17)34-33-23-8-7-22(19-3-1-2-4-20(19)23)32-31-18-10-15(27(36)37)9-16(11-18)28(38)39;;/h1-13H,30H3,(H4-2,29,31,32,33,34,35,36,37,38,39,40,41);2*1H3/p+4. The summed E-state index contributed by atoms with van der Waals surface area (Å²) in [6, 6.07) is 19.3. The van der Waals surface area contributed by atoms with Crippen LogP contribution in [0.25, 0.3) is 21.5 Å². The van der Waals surface area contributed by atoms with E-state index in [-0.39, 0.29) is 45.1 Å². The molecule has 45 heavy (non-hydrogen) atoms. The van der Waals surface area contributed by atoms with Gasteiger partial charge in [-0.25, -0.2) is 9.59 Å². The Morgan fingerprint density at radius 3 is 1.84 bits per heavy atom. The van der Waals surface area contributed by atoms with Crippen molar-refractivity contribution in [2.45, 2.75) is 4.90 Å². The van der Waals surface area contributed by atoms with Crippen molar-refractivity contribution < 1.29 is 43.9 Å². The molecular weight excluding hydrogens is 608 g/mol. The maximum atomic E-state index is 12.8. The second-order valence-electron chi connectivity index (χ2n) is 9.07. The first-order valence-electron chi connectivity index (χ1n) is 12.2. The molecule has 0 aliphatic carbocycles. The molecule has 232 valence electrons. The third kappa shape index (κ3) is 6.78. The van der Waals surface area contributed by atoms with Crippen LogP contribution in [0.3, 0.4) is 0 Å². The van der Waals surface area contributed by atoms with E-state index >= 15 is 0 Å². The van der Waals surface area contributed by atoms with Crippen LogP contribution >= 0.6 is 0 Å². The second kappa shape index (κ2) is 13.3. The van der Waals surface area contributed by atoms with E-state index in [4.69, 9.17) is 5.73 Å². The molecule has 0 radical (unpaired) electrons. The molecule has 0 aromatic heterocycles. The molecule has 0 fully saturated rings. The fraction of sp³-hybridized carbons (Fsp3) is 0. The normalized spacial score (nSPS) is 12.6. The van der Waals surface area contributed by atoms with Crippen LogP contribution in [0.15, 0.2) is 104 Å². The minimum absolute atomic E-state index is 0. The number of aromatic carboxylic acids is 2. The molecule has 17 heteroatoms. The van der Waals surface area contributed by atoms with E-state index in [1.54, 1.807) is 48.5 Å². The molecule has 0 saturated carbocycles. The van der Waals surface area contributed by atoms with Crippen LogP contribution in [0.5, 0.6) is 5.75 Å². The quantitative estimate of drug-likeness (QED) is 0.0388. The molecule has 5 aromatic carbocycles. The summed E-state index contributed by atoms with van der Waals surface area (Å²) < 4.78 is 27.7. The molecule has 5 rings (SSSR count). The van der Waals surface area contributed by atoms with E-state index in [0.29, 0.717) is 33.2 Å². The number of rotatable bonds is 8. The zero-order chi connectivity index (χ0) is 30.9. The Hall–Kier alpha value is -5.69. The van der Waals surface area contributed by atoms with E-state index < -0.39 is 28.2 Å². The monoisotopic (exact) mass is 638 g/mol. The number of carbonyl (C=O) groups is 2. The summed E-state index contributed by atoms with van der Waals surface area (Å²) in [6.07, 6.45) is 0. The number of nitrogens with zero attached hydrogens (tertiary/aromatic N) is 4. The van der Waals surface area contributed by atoms with Crippen molar-refractivity contribution in [3.8, 4) is 5.75 Å². The fourth-order valence-electron chi connectivity index (χ4n) is 4.29. The third-order valence-electron chi connectivity index (χ3n) is 6.34. The first-order chi connectivity index (χ1) is 20.5. The van der Waals surface area contributed by atoms with Crippen LogP contribution in [0.2, 0.25) is 0 Å². The number of nitrogens with two attached hydrogens (primary N) is 1. The van der Waals surface area contributed by atoms with Gasteiger partial charge in [0.15, 0.2) is 11.4 Å². The second-order valence-corrected chi connectivity index (χ2v) is 10.7. The smallest absolute Gasteiger partial charge is 0.446 e. The lowest BCUT2D eigenvalue weighted by atomic mass is 10.1. The SMILES string of the molecule is Nc1ccc2cc([S+](=O)(O)O[NH3+])c(N=Nc3ccc(N=Nc4cc(C(=O)O)cc(C(=O)O)c4)c4ccccc34)c(O)c2c1.[NH4+].[NH4+]. The van der Waals surface area contributed by atoms with E-state index in [0.717, 1.165) is 6.07 Å². The lowest BCUT2D eigenvalue weighted by molar-refractivity contribution is -0.637. The molecule has 1 unspecified atom stereocenters. The topological polar surface area (TPSA) is 317 Å². The number of nitrogen functional groups attached to an aromatic ring is 1. The Kier molecular flexibility index (Phi) is 10.00. The molecule has 0 aliphatic heterocycles. The van der Waals surface area contributed by atoms with Crippen molar-refractivity contribution in [1.29, 1.82) is 0 Å². The first kappa shape index (κ1) is 33.8. The molecule has 17 N–H and O–H groups in total. The fourth-order valence-corrected chi connectivity index (χ4v) is 5.07. The lowest BCUT2D eigenvalue weighted by Crippen LogP contribution is -2.52. The van der Waals surface area contributed by atoms with E-state index in [2.05, 4.69) is 30.6 Å². The molecule has 0 aliphatic rings. The largest absolute Gasteiger partial charge is 0.505 e. The van der Waals surface area contributed by atoms with Gasteiger partial charge in [-0.05, 0) is 52.1 Å². The molecule has 1 atom stereocenters. The van der Waals surface area contributed by atoms with E-state index in [9.17, 15) is 33.7 Å². The minimum Gasteiger partial charge on any atom is -0.505 e. The Bertz CT molecular complexity index is 2040. The van der Waals surface area contributed by atoms with Gasteiger partial charge in [-0.15, -0.1) is 19.9 Å². The molecule has 16 nitrogen and oxygen atoms in total. The number of carboxylic acid groups (broad SMARTS) is 2. The number of hydrogen-bond donors (Lipinski definition) is 8. The average Bonchev–Trinajstić information content (AvgIpc) is 2.99. The summed E-state index contributed by atoms with van der Waals surface area (Å²) in [5.74, 6) is -0.0204. The van der Waals surface area contributed by atoms with Gasteiger partial charge in [0.1, 0.15) is 0 Å². The number of phenolic OH excluding ortho intramolecular Hbond substituents is 1. The van der Waals surface area contributed by atoms with Crippen LogP contribution in [-0.4, -0.2) is 31.8 Å². The lowest BCUT2D eigenvalue weighted by Gasteiger charge is -2.08. The van der Waals surface area contributed by atoms with Crippen molar-refractivity contribution >= 4 is 72.4 Å². The summed E-state index contributed by atoms with van der Waals surface area (Å²) in [7, 11) is -4.16. The number of anilines is 1. The van der Waals surface area contributed by atoms with Gasteiger partial charge in [0.2, 0.25) is 0 Å². The highest BCUT2D eigenvalue weighted by Crippen LogP contribution is 2.44. The zero-order valence-corrected chi connectivity index (χ0v) is 24.7. The number of fused-ring (bicyclic) bond motifs is 2. The zero-order valence-electron chi connectivity index (χ0n) is 23.9. The predicted octanol–water partition coefficient (Wildman–Crippen LogP) is 6.68. The minimum atomic E-state index is -4.16. The summed E-state index contributed by atoms with van der Waals surface area (Å²) in [5, 5.41) is 48.0. The van der Waals surface area contributed by atoms with Gasteiger partial charge >= 0.3 is 22.4 Å². The molecule has 0 bridgehead atoms. The van der Waals surface area contributed by atoms with Gasteiger partial charge in [0.25, 0.3) is 4.90 Å². The van der Waals surface area contributed by atoms with Crippen LogP contribution in [0, 0.1) is 0 Å². The van der Waals surface area contributed by atoms with Gasteiger partial charge in [0.05, 0.1) is 32.5 Å². The maximum absolute atomic E-state index is 12.8. The summed E-state index contributed by atoms with van der Waals surface area (Å²) in [5.41, 5.74) is 6.03. The van der Waals surface area contributed by atoms with Crippen LogP contribution in [0.1, 0.15) is 20.7 Å². The number of aromatic hydroxyl groups is 1. The number of azo groups is 2. The average molecular weight is 639 g/mol. The van der Waals surface area contributed by atoms with Crippen LogP contribution < -0.4 is 23.9 Å². The number of carboxylic acids is 2. The van der Waals surface area contributed by atoms with Crippen molar-refractivity contribution in [2.24, 2.45) is 20.5 Å². The van der Waals surface area contributed by atoms with E-state index in [1.807, 2.05) is 0 Å². The van der Waals surface area contributed by atoms with Gasteiger partial charge < -0.3 is 33.4 Å². The number of hydrogen-bond acceptors (Lipinski definition) is 10. The summed E-state index contributed by atoms with van der Waals surface area (Å²) >= 11 is 0. The highest BCUT2D eigenvalue weighted by Gasteiger charge is 2.39. The molecular formula is C28H30N8O8S+4. The van der Waals surface area contributed by atoms with Crippen molar-refractivity contribution in [3.63, 3.8) is 0 Å². The van der Waals surface area contributed by atoms with Gasteiger partial charge in [-0.3, -0.25) is 0 Å². The Morgan fingerprint density at radius 1 is 0.756 bits per heavy atom. The van der Waals surface area contributed by atoms with Crippen LogP contribution in [0.4, 0.5) is 28.4 Å². The molecule has 0 amide bonds. The highest BCUT2D eigenvalue weighted by atomic mass is 32.3. The summed E-state index contributed by atoms with van der Waals surface area (Å²) in [6.45, 7) is 0. The number of quaternary nitrogens is 3. The molecule has 0 saturated heterocycles. The van der Waals surface area contributed by atoms with Crippen molar-refractivity contribution in [2.75, 3.05) is 5.73 Å². The van der Waals surface area contributed by atoms with Crippen molar-refractivity contribution in [3.05, 3.63) is 90.0 Å². The molecule has 5 aromatic rings. The number of phenols is 1. The van der Waals surface area contributed by atoms with E-state index in [1.165, 1.54) is 24.3 Å². The van der Waals surface area contributed by atoms with Gasteiger partial charge in [0, 0.05) is 27.9 Å². The highest BCUT2D eigenvalue weighted by molar-refractivity contribution is 7.93. The Balaban J connectivity index is 0.00000276. The van der Waals surface area contributed by atoms with Gasteiger partial charge in [-0.2, -0.15) is 11.0 Å². The maximum Gasteiger partial charge on any atom is 0.446 e. The van der Waals surface area contributed by atoms with Crippen molar-refractivity contribution in [1.82, 2.24) is 12.3 Å².